The zero-order chi connectivity index (χ0) is 14.2. The lowest BCUT2D eigenvalue weighted by Crippen LogP contribution is -2.34. The van der Waals surface area contributed by atoms with E-state index in [4.69, 9.17) is 5.11 Å². The van der Waals surface area contributed by atoms with Crippen molar-refractivity contribution >= 4 is 23.2 Å². The summed E-state index contributed by atoms with van der Waals surface area (Å²) in [7, 11) is 0. The fourth-order valence-corrected chi connectivity index (χ4v) is 2.75. The van der Waals surface area contributed by atoms with Crippen LogP contribution in [0.25, 0.3) is 0 Å². The first-order chi connectivity index (χ1) is 8.80. The highest BCUT2D eigenvalue weighted by molar-refractivity contribution is 7.08. The number of alkyl halides is 3. The molecular formula is C11H10F3NO3S. The number of halogens is 3. The van der Waals surface area contributed by atoms with Crippen LogP contribution in [0, 0.1) is 11.8 Å². The van der Waals surface area contributed by atoms with Crippen molar-refractivity contribution in [3.8, 4) is 0 Å². The molecule has 1 aliphatic rings. The number of thiophene rings is 1. The molecule has 4 nitrogen and oxygen atoms in total. The van der Waals surface area contributed by atoms with Crippen LogP contribution in [0.2, 0.25) is 0 Å². The molecule has 0 aliphatic carbocycles. The molecule has 0 radical (unpaired) electrons. The average Bonchev–Trinajstić information content (AvgIpc) is 2.96. The van der Waals surface area contributed by atoms with E-state index < -0.39 is 43.0 Å². The number of nitrogens with zero attached hydrogens (tertiary/aromatic N) is 1. The molecule has 1 fully saturated rings. The second kappa shape index (κ2) is 4.84. The minimum Gasteiger partial charge on any atom is -0.481 e. The SMILES string of the molecule is O=C(O)[C@@H]1CN(C(=O)c2ccsc2)C[C@H]1C(F)(F)F. The van der Waals surface area contributed by atoms with Crippen LogP contribution in [0.4, 0.5) is 13.2 Å². The summed E-state index contributed by atoms with van der Waals surface area (Å²) in [5, 5.41) is 12.0. The Kier molecular flexibility index (Phi) is 3.53. The quantitative estimate of drug-likeness (QED) is 0.908. The van der Waals surface area contributed by atoms with Gasteiger partial charge in [-0.25, -0.2) is 0 Å². The number of carboxylic acids is 1. The molecule has 1 aromatic rings. The Balaban J connectivity index is 2.19. The summed E-state index contributed by atoms with van der Waals surface area (Å²) in [6, 6.07) is 1.50. The van der Waals surface area contributed by atoms with Gasteiger partial charge in [0, 0.05) is 18.5 Å². The number of rotatable bonds is 2. The molecule has 0 aromatic carbocycles. The number of hydrogen-bond acceptors (Lipinski definition) is 3. The standard InChI is InChI=1S/C11H10F3NO3S/c12-11(13,14)8-4-15(3-7(8)10(17)18)9(16)6-1-2-19-5-6/h1-2,5,7-8H,3-4H2,(H,17,18)/t7-,8-/m1/s1. The maximum atomic E-state index is 12.8. The fraction of sp³-hybridized carbons (Fsp3) is 0.455. The summed E-state index contributed by atoms with van der Waals surface area (Å²) in [5.74, 6) is -5.68. The predicted molar refractivity (Wildman–Crippen MR) is 60.9 cm³/mol. The van der Waals surface area contributed by atoms with E-state index in [0.717, 1.165) is 4.90 Å². The second-order valence-electron chi connectivity index (χ2n) is 4.31. The van der Waals surface area contributed by atoms with Gasteiger partial charge in [-0.3, -0.25) is 9.59 Å². The van der Waals surface area contributed by atoms with E-state index in [1.165, 1.54) is 22.8 Å². The van der Waals surface area contributed by atoms with Gasteiger partial charge >= 0.3 is 12.1 Å². The average molecular weight is 293 g/mol. The van der Waals surface area contributed by atoms with Crippen molar-refractivity contribution in [3.63, 3.8) is 0 Å². The third-order valence-electron chi connectivity index (χ3n) is 3.11. The summed E-state index contributed by atoms with van der Waals surface area (Å²) < 4.78 is 38.3. The van der Waals surface area contributed by atoms with Crippen LogP contribution < -0.4 is 0 Å². The third-order valence-corrected chi connectivity index (χ3v) is 3.80. The van der Waals surface area contributed by atoms with Crippen LogP contribution in [-0.4, -0.2) is 41.1 Å². The zero-order valence-corrected chi connectivity index (χ0v) is 10.4. The Labute approximate surface area is 110 Å². The highest BCUT2D eigenvalue weighted by atomic mass is 32.1. The van der Waals surface area contributed by atoms with Gasteiger partial charge in [-0.2, -0.15) is 24.5 Å². The van der Waals surface area contributed by atoms with E-state index in [0.29, 0.717) is 0 Å². The summed E-state index contributed by atoms with van der Waals surface area (Å²) in [4.78, 5) is 23.8. The van der Waals surface area contributed by atoms with Crippen LogP contribution in [0.15, 0.2) is 16.8 Å². The summed E-state index contributed by atoms with van der Waals surface area (Å²) >= 11 is 1.25. The highest BCUT2D eigenvalue weighted by Gasteiger charge is 2.53. The Morgan fingerprint density at radius 2 is 2.05 bits per heavy atom. The highest BCUT2D eigenvalue weighted by Crippen LogP contribution is 2.38. The maximum Gasteiger partial charge on any atom is 0.394 e. The van der Waals surface area contributed by atoms with E-state index in [1.54, 1.807) is 5.38 Å². The van der Waals surface area contributed by atoms with Crippen molar-refractivity contribution < 1.29 is 27.9 Å². The minimum atomic E-state index is -4.62. The van der Waals surface area contributed by atoms with Crippen LogP contribution in [0.5, 0.6) is 0 Å². The Bertz CT molecular complexity index is 486. The number of likely N-dealkylation sites (tertiary alicyclic amines) is 1. The number of amides is 1. The molecule has 104 valence electrons. The van der Waals surface area contributed by atoms with E-state index in [-0.39, 0.29) is 5.56 Å². The van der Waals surface area contributed by atoms with Crippen LogP contribution in [-0.2, 0) is 4.79 Å². The van der Waals surface area contributed by atoms with Gasteiger partial charge < -0.3 is 10.0 Å². The molecule has 1 N–H and O–H groups in total. The number of carbonyl (C=O) groups excluding carboxylic acids is 1. The summed E-state index contributed by atoms with van der Waals surface area (Å²) in [6.07, 6.45) is -4.62. The molecule has 0 spiro atoms. The van der Waals surface area contributed by atoms with Gasteiger partial charge in [0.25, 0.3) is 5.91 Å². The Morgan fingerprint density at radius 3 is 2.47 bits per heavy atom. The minimum absolute atomic E-state index is 0.289. The summed E-state index contributed by atoms with van der Waals surface area (Å²) in [5.41, 5.74) is 0.289. The molecule has 1 aliphatic heterocycles. The molecule has 1 aromatic heterocycles. The van der Waals surface area contributed by atoms with Crippen LogP contribution in [0.1, 0.15) is 10.4 Å². The smallest absolute Gasteiger partial charge is 0.394 e. The van der Waals surface area contributed by atoms with Gasteiger partial charge in [0.15, 0.2) is 0 Å². The van der Waals surface area contributed by atoms with Crippen molar-refractivity contribution in [3.05, 3.63) is 22.4 Å². The zero-order valence-electron chi connectivity index (χ0n) is 9.55. The van der Waals surface area contributed by atoms with Gasteiger partial charge in [-0.05, 0) is 11.4 Å². The van der Waals surface area contributed by atoms with Gasteiger partial charge in [0.1, 0.15) is 0 Å². The topological polar surface area (TPSA) is 57.6 Å². The molecule has 1 amide bonds. The predicted octanol–water partition coefficient (Wildman–Crippen LogP) is 2.08. The lowest BCUT2D eigenvalue weighted by molar-refractivity contribution is -0.187. The molecule has 0 unspecified atom stereocenters. The number of hydrogen-bond donors (Lipinski definition) is 1. The first kappa shape index (κ1) is 13.9. The maximum absolute atomic E-state index is 12.8. The molecule has 0 bridgehead atoms. The fourth-order valence-electron chi connectivity index (χ4n) is 2.12. The first-order valence-corrected chi connectivity index (χ1v) is 6.36. The second-order valence-corrected chi connectivity index (χ2v) is 5.10. The lowest BCUT2D eigenvalue weighted by atomic mass is 9.96. The van der Waals surface area contributed by atoms with E-state index in [2.05, 4.69) is 0 Å². The Hall–Kier alpha value is -1.57. The van der Waals surface area contributed by atoms with Crippen molar-refractivity contribution in [2.24, 2.45) is 11.8 Å². The summed E-state index contributed by atoms with van der Waals surface area (Å²) in [6.45, 7) is -1.01. The van der Waals surface area contributed by atoms with Crippen molar-refractivity contribution in [1.29, 1.82) is 0 Å². The molecule has 8 heteroatoms. The van der Waals surface area contributed by atoms with Crippen molar-refractivity contribution in [1.82, 2.24) is 4.90 Å². The molecule has 1 saturated heterocycles. The normalized spacial score (nSPS) is 23.6. The molecular weight excluding hydrogens is 283 g/mol. The van der Waals surface area contributed by atoms with Gasteiger partial charge in [-0.15, -0.1) is 0 Å². The number of carbonyl (C=O) groups is 2. The molecule has 19 heavy (non-hydrogen) atoms. The van der Waals surface area contributed by atoms with Crippen molar-refractivity contribution in [2.45, 2.75) is 6.18 Å². The molecule has 0 saturated carbocycles. The van der Waals surface area contributed by atoms with Crippen LogP contribution in [0.3, 0.4) is 0 Å². The van der Waals surface area contributed by atoms with Gasteiger partial charge in [0.2, 0.25) is 0 Å². The largest absolute Gasteiger partial charge is 0.481 e. The monoisotopic (exact) mass is 293 g/mol. The third kappa shape index (κ3) is 2.73. The molecule has 2 rings (SSSR count). The lowest BCUT2D eigenvalue weighted by Gasteiger charge is -2.18. The van der Waals surface area contributed by atoms with Crippen molar-refractivity contribution in [2.75, 3.05) is 13.1 Å². The van der Waals surface area contributed by atoms with E-state index >= 15 is 0 Å². The molecule has 2 atom stereocenters. The van der Waals surface area contributed by atoms with E-state index in [9.17, 15) is 22.8 Å². The number of carboxylic acid groups (broad SMARTS) is 1. The van der Waals surface area contributed by atoms with Gasteiger partial charge in [-0.1, -0.05) is 0 Å². The van der Waals surface area contributed by atoms with E-state index in [1.807, 2.05) is 0 Å². The number of aliphatic carboxylic acids is 1. The molecule has 2 heterocycles. The first-order valence-electron chi connectivity index (χ1n) is 5.41. The Morgan fingerprint density at radius 1 is 1.37 bits per heavy atom. The van der Waals surface area contributed by atoms with Crippen LogP contribution >= 0.6 is 11.3 Å². The van der Waals surface area contributed by atoms with Gasteiger partial charge in [0.05, 0.1) is 17.4 Å².